The zero-order valence-electron chi connectivity index (χ0n) is 16.4. The van der Waals surface area contributed by atoms with Gasteiger partial charge in [0, 0.05) is 17.1 Å². The van der Waals surface area contributed by atoms with Gasteiger partial charge in [0.15, 0.2) is 5.11 Å². The second-order valence-corrected chi connectivity index (χ2v) is 9.20. The Morgan fingerprint density at radius 1 is 0.871 bits per heavy atom. The third-order valence-electron chi connectivity index (χ3n) is 4.02. The Labute approximate surface area is 196 Å². The fraction of sp³-hybridized carbons (Fsp3) is 0.0952. The van der Waals surface area contributed by atoms with Crippen LogP contribution in [0.4, 0.5) is 17.1 Å². The van der Waals surface area contributed by atoms with Crippen LogP contribution in [-0.2, 0) is 10.0 Å². The molecule has 0 aliphatic carbocycles. The van der Waals surface area contributed by atoms with Crippen molar-refractivity contribution in [3.05, 3.63) is 76.8 Å². The number of thiocarbonyl (C=S) groups is 1. The van der Waals surface area contributed by atoms with Crippen LogP contribution in [0.2, 0.25) is 10.0 Å². The van der Waals surface area contributed by atoms with Gasteiger partial charge in [0.2, 0.25) is 0 Å². The van der Waals surface area contributed by atoms with Gasteiger partial charge in [-0.2, -0.15) is 0 Å². The summed E-state index contributed by atoms with van der Waals surface area (Å²) in [5.41, 5.74) is 1.74. The van der Waals surface area contributed by atoms with E-state index in [1.165, 1.54) is 12.1 Å². The summed E-state index contributed by atoms with van der Waals surface area (Å²) in [5, 5.41) is 7.15. The van der Waals surface area contributed by atoms with E-state index >= 15 is 0 Å². The van der Waals surface area contributed by atoms with Crippen LogP contribution in [0.5, 0.6) is 5.75 Å². The normalized spacial score (nSPS) is 10.9. The maximum absolute atomic E-state index is 12.6. The quantitative estimate of drug-likeness (QED) is 0.348. The smallest absolute Gasteiger partial charge is 0.261 e. The molecule has 0 spiro atoms. The number of anilines is 3. The van der Waals surface area contributed by atoms with Crippen molar-refractivity contribution in [3.63, 3.8) is 0 Å². The van der Waals surface area contributed by atoms with Crippen LogP contribution in [0.15, 0.2) is 71.6 Å². The van der Waals surface area contributed by atoms with Crippen LogP contribution in [0.25, 0.3) is 0 Å². The van der Waals surface area contributed by atoms with Gasteiger partial charge in [0.05, 0.1) is 21.5 Å². The number of benzene rings is 3. The topological polar surface area (TPSA) is 79.5 Å². The van der Waals surface area contributed by atoms with Crippen LogP contribution in [0.3, 0.4) is 0 Å². The molecule has 162 valence electrons. The minimum atomic E-state index is -3.74. The van der Waals surface area contributed by atoms with E-state index in [2.05, 4.69) is 15.4 Å². The van der Waals surface area contributed by atoms with E-state index in [1.54, 1.807) is 54.6 Å². The highest BCUT2D eigenvalue weighted by Crippen LogP contribution is 2.25. The molecule has 0 aliphatic rings. The first-order chi connectivity index (χ1) is 14.8. The summed E-state index contributed by atoms with van der Waals surface area (Å²) in [6, 6.07) is 18.0. The molecule has 31 heavy (non-hydrogen) atoms. The Kier molecular flexibility index (Phi) is 7.61. The van der Waals surface area contributed by atoms with Crippen molar-refractivity contribution in [2.24, 2.45) is 0 Å². The SMILES string of the molecule is CCOc1ccc(NS(=O)(=O)c2ccc(NC(=S)Nc3ccc(Cl)c(Cl)c3)cc2)cc1. The highest BCUT2D eigenvalue weighted by molar-refractivity contribution is 7.92. The van der Waals surface area contributed by atoms with Crippen molar-refractivity contribution in [1.29, 1.82) is 0 Å². The maximum Gasteiger partial charge on any atom is 0.261 e. The molecule has 3 aromatic rings. The molecule has 0 atom stereocenters. The van der Waals surface area contributed by atoms with Crippen molar-refractivity contribution < 1.29 is 13.2 Å². The molecule has 0 amide bonds. The largest absolute Gasteiger partial charge is 0.494 e. The number of nitrogens with one attached hydrogen (secondary N) is 3. The summed E-state index contributed by atoms with van der Waals surface area (Å²) in [4.78, 5) is 0.121. The zero-order chi connectivity index (χ0) is 22.4. The van der Waals surface area contributed by atoms with Gasteiger partial charge in [-0.3, -0.25) is 4.72 Å². The molecular weight excluding hydrogens is 477 g/mol. The second kappa shape index (κ2) is 10.2. The Morgan fingerprint density at radius 3 is 2.06 bits per heavy atom. The fourth-order valence-corrected chi connectivity index (χ4v) is 4.18. The summed E-state index contributed by atoms with van der Waals surface area (Å²) >= 11 is 17.2. The molecule has 0 fully saturated rings. The van der Waals surface area contributed by atoms with Crippen molar-refractivity contribution >= 4 is 67.6 Å². The van der Waals surface area contributed by atoms with E-state index in [9.17, 15) is 8.42 Å². The molecule has 0 radical (unpaired) electrons. The average Bonchev–Trinajstić information content (AvgIpc) is 2.72. The lowest BCUT2D eigenvalue weighted by Crippen LogP contribution is -2.19. The standard InChI is InChI=1S/C21H19Cl2N3O3S2/c1-2-29-17-8-3-15(4-9-17)26-31(27,28)18-10-5-14(6-11-18)24-21(30)25-16-7-12-19(22)20(23)13-16/h3-13,26H,2H2,1H3,(H2,24,25,30). The number of ether oxygens (including phenoxy) is 1. The lowest BCUT2D eigenvalue weighted by molar-refractivity contribution is 0.340. The number of sulfonamides is 1. The molecule has 3 N–H and O–H groups in total. The highest BCUT2D eigenvalue weighted by atomic mass is 35.5. The molecule has 6 nitrogen and oxygen atoms in total. The Morgan fingerprint density at radius 2 is 1.45 bits per heavy atom. The van der Waals surface area contributed by atoms with Crippen molar-refractivity contribution in [1.82, 2.24) is 0 Å². The predicted molar refractivity (Wildman–Crippen MR) is 131 cm³/mol. The second-order valence-electron chi connectivity index (χ2n) is 6.30. The molecule has 0 bridgehead atoms. The van der Waals surface area contributed by atoms with Gasteiger partial charge in [-0.05, 0) is 85.9 Å². The molecule has 0 saturated carbocycles. The van der Waals surface area contributed by atoms with E-state index in [1.807, 2.05) is 6.92 Å². The maximum atomic E-state index is 12.6. The van der Waals surface area contributed by atoms with E-state index in [0.717, 1.165) is 0 Å². The van der Waals surface area contributed by atoms with Gasteiger partial charge < -0.3 is 15.4 Å². The molecule has 0 aromatic heterocycles. The first-order valence-electron chi connectivity index (χ1n) is 9.15. The van der Waals surface area contributed by atoms with Crippen LogP contribution in [-0.4, -0.2) is 20.1 Å². The van der Waals surface area contributed by atoms with Crippen molar-refractivity contribution in [3.8, 4) is 5.75 Å². The molecule has 0 aliphatic heterocycles. The Hall–Kier alpha value is -2.52. The first kappa shape index (κ1) is 23.1. The molecule has 0 heterocycles. The van der Waals surface area contributed by atoms with Gasteiger partial charge >= 0.3 is 0 Å². The summed E-state index contributed by atoms with van der Waals surface area (Å²) in [7, 11) is -3.74. The number of hydrogen-bond acceptors (Lipinski definition) is 4. The Balaban J connectivity index is 1.62. The zero-order valence-corrected chi connectivity index (χ0v) is 19.5. The predicted octanol–water partition coefficient (Wildman–Crippen LogP) is 6.00. The van der Waals surface area contributed by atoms with E-state index in [4.69, 9.17) is 40.2 Å². The van der Waals surface area contributed by atoms with Gasteiger partial charge in [-0.25, -0.2) is 8.42 Å². The monoisotopic (exact) mass is 495 g/mol. The number of rotatable bonds is 7. The Bertz CT molecular complexity index is 1170. The van der Waals surface area contributed by atoms with Gasteiger partial charge in [-0.1, -0.05) is 23.2 Å². The summed E-state index contributed by atoms with van der Waals surface area (Å²) in [6.07, 6.45) is 0. The third kappa shape index (κ3) is 6.48. The third-order valence-corrected chi connectivity index (χ3v) is 6.36. The lowest BCUT2D eigenvalue weighted by Gasteiger charge is -2.12. The molecule has 3 rings (SSSR count). The van der Waals surface area contributed by atoms with Gasteiger partial charge in [-0.15, -0.1) is 0 Å². The molecule has 0 unspecified atom stereocenters. The van der Waals surface area contributed by atoms with Gasteiger partial charge in [0.1, 0.15) is 5.75 Å². The van der Waals surface area contributed by atoms with Crippen LogP contribution >= 0.6 is 35.4 Å². The van der Waals surface area contributed by atoms with Crippen molar-refractivity contribution in [2.45, 2.75) is 11.8 Å². The van der Waals surface area contributed by atoms with Crippen molar-refractivity contribution in [2.75, 3.05) is 22.0 Å². The minimum absolute atomic E-state index is 0.121. The van der Waals surface area contributed by atoms with Crippen LogP contribution in [0.1, 0.15) is 6.92 Å². The summed E-state index contributed by atoms with van der Waals surface area (Å²) in [5.74, 6) is 0.673. The lowest BCUT2D eigenvalue weighted by atomic mass is 10.3. The molecule has 0 saturated heterocycles. The van der Waals surface area contributed by atoms with E-state index < -0.39 is 10.0 Å². The fourth-order valence-electron chi connectivity index (χ4n) is 2.58. The molecule has 3 aromatic carbocycles. The van der Waals surface area contributed by atoms with E-state index in [0.29, 0.717) is 44.6 Å². The van der Waals surface area contributed by atoms with Gasteiger partial charge in [0.25, 0.3) is 10.0 Å². The number of hydrogen-bond donors (Lipinski definition) is 3. The molecule has 10 heteroatoms. The van der Waals surface area contributed by atoms with Crippen LogP contribution in [0, 0.1) is 0 Å². The first-order valence-corrected chi connectivity index (χ1v) is 11.8. The van der Waals surface area contributed by atoms with Crippen LogP contribution < -0.4 is 20.1 Å². The number of halogens is 2. The summed E-state index contributed by atoms with van der Waals surface area (Å²) in [6.45, 7) is 2.42. The van der Waals surface area contributed by atoms with E-state index in [-0.39, 0.29) is 4.90 Å². The summed E-state index contributed by atoms with van der Waals surface area (Å²) < 4.78 is 33.1. The average molecular weight is 496 g/mol. The minimum Gasteiger partial charge on any atom is -0.494 e. The highest BCUT2D eigenvalue weighted by Gasteiger charge is 2.14. The molecular formula is C21H19Cl2N3O3S2.